The third kappa shape index (κ3) is 9.63. The second-order valence-corrected chi connectivity index (χ2v) is 20.7. The number of nitro benzene ring substituents is 1. The molecule has 0 radical (unpaired) electrons. The molecule has 9 rings (SSSR count). The molecule has 2 aliphatic carbocycles. The van der Waals surface area contributed by atoms with Gasteiger partial charge in [-0.25, -0.2) is 18.1 Å². The third-order valence-electron chi connectivity index (χ3n) is 13.5. The number of allylic oxidation sites excluding steroid dienone is 1. The molecular weight excluding hydrogens is 856 g/mol. The van der Waals surface area contributed by atoms with Crippen molar-refractivity contribution in [3.63, 3.8) is 0 Å². The molecule has 64 heavy (non-hydrogen) atoms. The molecule has 4 heterocycles. The molecule has 16 heteroatoms. The average Bonchev–Trinajstić information content (AvgIpc) is 3.74. The van der Waals surface area contributed by atoms with Crippen LogP contribution in [0.15, 0.2) is 95.7 Å². The highest BCUT2D eigenvalue weighted by Gasteiger charge is 2.42. The summed E-state index contributed by atoms with van der Waals surface area (Å²) in [4.78, 5) is 37.2. The Bertz CT molecular complexity index is 2700. The van der Waals surface area contributed by atoms with Crippen molar-refractivity contribution in [1.82, 2.24) is 19.6 Å². The maximum Gasteiger partial charge on any atom is 0.312 e. The first-order valence-electron chi connectivity index (χ1n) is 22.0. The van der Waals surface area contributed by atoms with Crippen molar-refractivity contribution in [3.8, 4) is 17.2 Å². The van der Waals surface area contributed by atoms with Crippen LogP contribution in [0, 0.1) is 26.9 Å². The number of benzene rings is 3. The van der Waals surface area contributed by atoms with Gasteiger partial charge in [-0.3, -0.25) is 19.8 Å². The number of nitrogens with one attached hydrogen (secondary N) is 2. The molecule has 2 N–H and O–H groups in total. The van der Waals surface area contributed by atoms with Crippen LogP contribution in [0.2, 0.25) is 5.02 Å². The number of anilines is 1. The predicted octanol–water partition coefficient (Wildman–Crippen LogP) is 9.41. The summed E-state index contributed by atoms with van der Waals surface area (Å²) >= 11 is 6.25. The number of rotatable bonds is 13. The van der Waals surface area contributed by atoms with Gasteiger partial charge in [0.25, 0.3) is 15.9 Å². The number of fused-ring (bicyclic) bond motifs is 1. The smallest absolute Gasteiger partial charge is 0.312 e. The summed E-state index contributed by atoms with van der Waals surface area (Å²) in [6.07, 6.45) is 10.4. The molecule has 0 bridgehead atoms. The highest BCUT2D eigenvalue weighted by Crippen LogP contribution is 2.45. The number of aromatic nitrogens is 2. The lowest BCUT2D eigenvalue weighted by atomic mass is 9.69. The normalized spacial score (nSPS) is 19.1. The monoisotopic (exact) mass is 908 g/mol. The molecule has 3 fully saturated rings. The van der Waals surface area contributed by atoms with Crippen LogP contribution in [0.3, 0.4) is 0 Å². The quantitative estimate of drug-likeness (QED) is 0.0853. The van der Waals surface area contributed by atoms with Crippen LogP contribution < -0.4 is 19.1 Å². The minimum atomic E-state index is -4.58. The number of pyridine rings is 1. The van der Waals surface area contributed by atoms with Gasteiger partial charge in [-0.05, 0) is 116 Å². The number of halogens is 1. The number of carbonyl (C=O) groups is 1. The van der Waals surface area contributed by atoms with Crippen molar-refractivity contribution in [1.29, 1.82) is 0 Å². The number of nitro groups is 1. The van der Waals surface area contributed by atoms with Gasteiger partial charge in [0.1, 0.15) is 17.1 Å². The lowest BCUT2D eigenvalue weighted by molar-refractivity contribution is -0.386. The number of H-pyrrole nitrogens is 1. The van der Waals surface area contributed by atoms with Crippen LogP contribution >= 0.6 is 11.6 Å². The summed E-state index contributed by atoms with van der Waals surface area (Å²) in [7, 11) is -4.58. The predicted molar refractivity (Wildman–Crippen MR) is 246 cm³/mol. The number of amides is 1. The van der Waals surface area contributed by atoms with Crippen molar-refractivity contribution >= 4 is 55.5 Å². The minimum absolute atomic E-state index is 0.0274. The van der Waals surface area contributed by atoms with Crippen molar-refractivity contribution in [2.24, 2.45) is 16.7 Å². The van der Waals surface area contributed by atoms with E-state index in [-0.39, 0.29) is 40.4 Å². The van der Waals surface area contributed by atoms with Crippen molar-refractivity contribution in [3.05, 3.63) is 117 Å². The fourth-order valence-electron chi connectivity index (χ4n) is 9.49. The first kappa shape index (κ1) is 43.8. The number of piperazine rings is 1. The lowest BCUT2D eigenvalue weighted by Gasteiger charge is -2.46. The second kappa shape index (κ2) is 17.8. The summed E-state index contributed by atoms with van der Waals surface area (Å²) < 4.78 is 47.3. The van der Waals surface area contributed by atoms with Crippen LogP contribution in [0.5, 0.6) is 17.2 Å². The van der Waals surface area contributed by atoms with E-state index in [0.717, 1.165) is 113 Å². The van der Waals surface area contributed by atoms with Crippen LogP contribution in [0.25, 0.3) is 16.6 Å². The number of hydrogen-bond donors (Lipinski definition) is 2. The van der Waals surface area contributed by atoms with Gasteiger partial charge in [-0.1, -0.05) is 43.2 Å². The number of carbonyl (C=O) groups excluding carboxylic acids is 1. The van der Waals surface area contributed by atoms with Gasteiger partial charge in [0.05, 0.1) is 41.4 Å². The van der Waals surface area contributed by atoms with Gasteiger partial charge >= 0.3 is 5.69 Å². The Morgan fingerprint density at radius 3 is 2.47 bits per heavy atom. The van der Waals surface area contributed by atoms with Crippen molar-refractivity contribution in [2.45, 2.75) is 63.7 Å². The summed E-state index contributed by atoms with van der Waals surface area (Å²) in [5, 5.41) is 13.7. The Balaban J connectivity index is 0.909. The van der Waals surface area contributed by atoms with E-state index in [2.05, 4.69) is 50.5 Å². The Morgan fingerprint density at radius 1 is 0.984 bits per heavy atom. The number of nitrogens with zero attached hydrogens (tertiary/aromatic N) is 4. The Kier molecular flexibility index (Phi) is 12.2. The van der Waals surface area contributed by atoms with Gasteiger partial charge in [0, 0.05) is 72.6 Å². The first-order valence-corrected chi connectivity index (χ1v) is 23.8. The maximum atomic E-state index is 14.0. The zero-order valence-electron chi connectivity index (χ0n) is 36.1. The Labute approximate surface area is 378 Å². The van der Waals surface area contributed by atoms with Crippen LogP contribution in [0.1, 0.15) is 74.7 Å². The van der Waals surface area contributed by atoms with Gasteiger partial charge in [-0.15, -0.1) is 0 Å². The number of aromatic amines is 1. The lowest BCUT2D eigenvalue weighted by Crippen LogP contribution is -2.47. The van der Waals surface area contributed by atoms with Crippen LogP contribution in [0.4, 0.5) is 11.4 Å². The molecule has 0 unspecified atom stereocenters. The SMILES string of the molecule is CC1(C)CCC(CN2CCN(c3ccc(C(=O)NS(=O)(=O)c4ccc(OCC5CCC6(CC5)COC6)c([N+](=O)[O-])c4)c(Oc4cnc5[nH]ccc5c4)c3)CC2)=C(c2ccc(Cl)cc2)C1. The highest BCUT2D eigenvalue weighted by molar-refractivity contribution is 7.90. The summed E-state index contributed by atoms with van der Waals surface area (Å²) in [5.74, 6) is -0.283. The zero-order valence-corrected chi connectivity index (χ0v) is 37.7. The summed E-state index contributed by atoms with van der Waals surface area (Å²) in [5.41, 5.74) is 5.51. The standard InChI is InChI=1S/C48H53ClN6O8S/c1-47(2)15-13-35(41(26-47)33-3-5-36(49)6-4-33)28-53-19-21-54(22-20-53)37-7-9-40(44(24-37)63-38-23-34-14-18-50-45(34)51-27-38)46(56)52-64(59,60)39-8-10-43(42(25-39)55(57)58)62-29-32-11-16-48(17-12-32)30-61-31-48/h3-10,14,18,23-25,27,32H,11-13,15-17,19-22,26,28-31H2,1-2H3,(H,50,51)(H,52,56). The molecule has 2 aromatic heterocycles. The molecule has 1 amide bonds. The van der Waals surface area contributed by atoms with Crippen LogP contribution in [-0.4, -0.2) is 86.7 Å². The number of sulfonamides is 1. The maximum absolute atomic E-state index is 14.0. The van der Waals surface area contributed by atoms with E-state index in [4.69, 9.17) is 25.8 Å². The minimum Gasteiger partial charge on any atom is -0.487 e. The van der Waals surface area contributed by atoms with E-state index in [1.54, 1.807) is 30.5 Å². The molecule has 0 atom stereocenters. The third-order valence-corrected chi connectivity index (χ3v) is 15.0. The topological polar surface area (TPSA) is 169 Å². The molecule has 14 nitrogen and oxygen atoms in total. The fraction of sp³-hybridized carbons (Fsp3) is 0.417. The van der Waals surface area contributed by atoms with Crippen molar-refractivity contribution in [2.75, 3.05) is 57.4 Å². The number of ether oxygens (including phenoxy) is 3. The zero-order chi connectivity index (χ0) is 44.6. The second-order valence-electron chi connectivity index (χ2n) is 18.6. The van der Waals surface area contributed by atoms with Crippen molar-refractivity contribution < 1.29 is 32.3 Å². The molecule has 1 saturated carbocycles. The molecule has 336 valence electrons. The molecule has 5 aromatic rings. The van der Waals surface area contributed by atoms with Gasteiger partial charge in [0.15, 0.2) is 5.75 Å². The molecule has 4 aliphatic rings. The summed E-state index contributed by atoms with van der Waals surface area (Å²) in [6, 6.07) is 20.3. The van der Waals surface area contributed by atoms with Gasteiger partial charge in [-0.2, -0.15) is 0 Å². The summed E-state index contributed by atoms with van der Waals surface area (Å²) in [6.45, 7) is 10.5. The fourth-order valence-corrected chi connectivity index (χ4v) is 10.6. The Hall–Kier alpha value is -5.48. The van der Waals surface area contributed by atoms with Gasteiger partial charge < -0.3 is 24.1 Å². The molecule has 2 aliphatic heterocycles. The molecule has 1 spiro atoms. The van der Waals surface area contributed by atoms with E-state index >= 15 is 0 Å². The molecule has 3 aromatic carbocycles. The first-order chi connectivity index (χ1) is 30.7. The van der Waals surface area contributed by atoms with Crippen LogP contribution in [-0.2, 0) is 14.8 Å². The molecule has 2 saturated heterocycles. The van der Waals surface area contributed by atoms with E-state index in [0.29, 0.717) is 11.4 Å². The van der Waals surface area contributed by atoms with E-state index in [9.17, 15) is 23.3 Å². The van der Waals surface area contributed by atoms with Gasteiger partial charge in [0.2, 0.25) is 0 Å². The Morgan fingerprint density at radius 2 is 1.75 bits per heavy atom. The molecular formula is C48H53ClN6O8S. The van der Waals surface area contributed by atoms with E-state index in [1.165, 1.54) is 35.0 Å². The van der Waals surface area contributed by atoms with E-state index < -0.39 is 31.4 Å². The average molecular weight is 910 g/mol. The highest BCUT2D eigenvalue weighted by atomic mass is 35.5. The largest absolute Gasteiger partial charge is 0.487 e. The number of hydrogen-bond acceptors (Lipinski definition) is 11. The van der Waals surface area contributed by atoms with E-state index in [1.807, 2.05) is 18.2 Å².